The van der Waals surface area contributed by atoms with Gasteiger partial charge in [0.05, 0.1) is 0 Å². The molecule has 0 aliphatic rings. The Kier molecular flexibility index (Phi) is 6.20. The Morgan fingerprint density at radius 2 is 1.76 bits per heavy atom. The van der Waals surface area contributed by atoms with Gasteiger partial charge in [0.2, 0.25) is 0 Å². The van der Waals surface area contributed by atoms with Crippen molar-refractivity contribution < 1.29 is 4.39 Å². The number of nitrogens with one attached hydrogen (secondary N) is 1. The molecule has 0 aromatic heterocycles. The molecule has 1 aromatic rings. The fourth-order valence-electron chi connectivity index (χ4n) is 2.12. The highest BCUT2D eigenvalue weighted by Gasteiger charge is 2.04. The molecule has 1 atom stereocenters. The van der Waals surface area contributed by atoms with E-state index in [2.05, 4.69) is 26.1 Å². The van der Waals surface area contributed by atoms with Gasteiger partial charge >= 0.3 is 0 Å². The second-order valence-electron chi connectivity index (χ2n) is 5.32. The summed E-state index contributed by atoms with van der Waals surface area (Å²) in [7, 11) is 0. The van der Waals surface area contributed by atoms with E-state index in [1.54, 1.807) is 0 Å². The zero-order valence-corrected chi connectivity index (χ0v) is 11.2. The molecule has 0 aliphatic heterocycles. The highest BCUT2D eigenvalue weighted by Crippen LogP contribution is 2.09. The average molecular weight is 237 g/mol. The first kappa shape index (κ1) is 14.2. The molecule has 2 heteroatoms. The zero-order chi connectivity index (χ0) is 12.7. The van der Waals surface area contributed by atoms with Crippen molar-refractivity contribution in [2.75, 3.05) is 13.1 Å². The third-order valence-electron chi connectivity index (χ3n) is 2.87. The van der Waals surface area contributed by atoms with Gasteiger partial charge in [-0.1, -0.05) is 32.9 Å². The summed E-state index contributed by atoms with van der Waals surface area (Å²) in [4.78, 5) is 0. The lowest BCUT2D eigenvalue weighted by atomic mass is 9.99. The van der Waals surface area contributed by atoms with Crippen molar-refractivity contribution in [1.29, 1.82) is 0 Å². The average Bonchev–Trinajstić information content (AvgIpc) is 2.26. The van der Waals surface area contributed by atoms with Gasteiger partial charge in [0.15, 0.2) is 0 Å². The molecular weight excluding hydrogens is 213 g/mol. The molecule has 0 aliphatic carbocycles. The Morgan fingerprint density at radius 1 is 1.12 bits per heavy atom. The van der Waals surface area contributed by atoms with Crippen LogP contribution in [0.5, 0.6) is 0 Å². The van der Waals surface area contributed by atoms with Crippen molar-refractivity contribution in [3.8, 4) is 0 Å². The molecule has 96 valence electrons. The first-order valence-corrected chi connectivity index (χ1v) is 6.53. The van der Waals surface area contributed by atoms with Crippen LogP contribution in [0, 0.1) is 17.7 Å². The van der Waals surface area contributed by atoms with Crippen molar-refractivity contribution in [1.82, 2.24) is 5.32 Å². The SMILES string of the molecule is CC(C)CC(C)CNCCc1ccc(F)cc1. The molecular formula is C15H24FN. The highest BCUT2D eigenvalue weighted by atomic mass is 19.1. The maximum atomic E-state index is 12.7. The van der Waals surface area contributed by atoms with Gasteiger partial charge in [0.25, 0.3) is 0 Å². The second kappa shape index (κ2) is 7.44. The first-order chi connectivity index (χ1) is 8.08. The molecule has 0 fully saturated rings. The summed E-state index contributed by atoms with van der Waals surface area (Å²) in [5, 5.41) is 3.46. The Morgan fingerprint density at radius 3 is 2.35 bits per heavy atom. The normalized spacial score (nSPS) is 13.0. The van der Waals surface area contributed by atoms with E-state index in [0.29, 0.717) is 0 Å². The van der Waals surface area contributed by atoms with E-state index in [9.17, 15) is 4.39 Å². The van der Waals surface area contributed by atoms with Crippen LogP contribution >= 0.6 is 0 Å². The van der Waals surface area contributed by atoms with E-state index in [1.807, 2.05) is 12.1 Å². The fraction of sp³-hybridized carbons (Fsp3) is 0.600. The van der Waals surface area contributed by atoms with Crippen molar-refractivity contribution >= 4 is 0 Å². The van der Waals surface area contributed by atoms with Crippen LogP contribution in [0.4, 0.5) is 4.39 Å². The monoisotopic (exact) mass is 237 g/mol. The third-order valence-corrected chi connectivity index (χ3v) is 2.87. The summed E-state index contributed by atoms with van der Waals surface area (Å²) in [6.45, 7) is 8.84. The van der Waals surface area contributed by atoms with Gasteiger partial charge in [-0.2, -0.15) is 0 Å². The third kappa shape index (κ3) is 6.42. The molecule has 1 aromatic carbocycles. The molecule has 1 N–H and O–H groups in total. The number of benzene rings is 1. The Hall–Kier alpha value is -0.890. The molecule has 0 heterocycles. The van der Waals surface area contributed by atoms with E-state index in [-0.39, 0.29) is 5.82 Å². The minimum Gasteiger partial charge on any atom is -0.316 e. The van der Waals surface area contributed by atoms with E-state index >= 15 is 0 Å². The van der Waals surface area contributed by atoms with Crippen molar-refractivity contribution in [2.24, 2.45) is 11.8 Å². The van der Waals surface area contributed by atoms with Crippen LogP contribution in [-0.4, -0.2) is 13.1 Å². The van der Waals surface area contributed by atoms with Gasteiger partial charge in [-0.05, 0) is 55.5 Å². The van der Waals surface area contributed by atoms with Crippen molar-refractivity contribution in [2.45, 2.75) is 33.6 Å². The van der Waals surface area contributed by atoms with E-state index in [4.69, 9.17) is 0 Å². The Bertz CT molecular complexity index is 305. The lowest BCUT2D eigenvalue weighted by Crippen LogP contribution is -2.24. The van der Waals surface area contributed by atoms with Gasteiger partial charge in [-0.25, -0.2) is 4.39 Å². The molecule has 17 heavy (non-hydrogen) atoms. The number of halogens is 1. The molecule has 0 radical (unpaired) electrons. The van der Waals surface area contributed by atoms with Crippen LogP contribution in [0.25, 0.3) is 0 Å². The minimum absolute atomic E-state index is 0.160. The number of hydrogen-bond donors (Lipinski definition) is 1. The predicted molar refractivity (Wildman–Crippen MR) is 71.6 cm³/mol. The topological polar surface area (TPSA) is 12.0 Å². The molecule has 0 saturated carbocycles. The minimum atomic E-state index is -0.160. The fourth-order valence-corrected chi connectivity index (χ4v) is 2.12. The van der Waals surface area contributed by atoms with Gasteiger partial charge in [-0.3, -0.25) is 0 Å². The number of hydrogen-bond acceptors (Lipinski definition) is 1. The van der Waals surface area contributed by atoms with E-state index < -0.39 is 0 Å². The van der Waals surface area contributed by atoms with Gasteiger partial charge in [0, 0.05) is 0 Å². The van der Waals surface area contributed by atoms with E-state index in [1.165, 1.54) is 24.1 Å². The summed E-state index contributed by atoms with van der Waals surface area (Å²) >= 11 is 0. The summed E-state index contributed by atoms with van der Waals surface area (Å²) in [5.74, 6) is 1.33. The molecule has 0 spiro atoms. The second-order valence-corrected chi connectivity index (χ2v) is 5.32. The standard InChI is InChI=1S/C15H24FN/c1-12(2)10-13(3)11-17-9-8-14-4-6-15(16)7-5-14/h4-7,12-13,17H,8-11H2,1-3H3. The Balaban J connectivity index is 2.13. The largest absolute Gasteiger partial charge is 0.316 e. The molecule has 1 rings (SSSR count). The highest BCUT2D eigenvalue weighted by molar-refractivity contribution is 5.16. The zero-order valence-electron chi connectivity index (χ0n) is 11.2. The van der Waals surface area contributed by atoms with Crippen LogP contribution in [0.2, 0.25) is 0 Å². The summed E-state index contributed by atoms with van der Waals surface area (Å²) in [6.07, 6.45) is 2.23. The van der Waals surface area contributed by atoms with Gasteiger partial charge in [-0.15, -0.1) is 0 Å². The molecule has 1 nitrogen and oxygen atoms in total. The van der Waals surface area contributed by atoms with Crippen LogP contribution in [-0.2, 0) is 6.42 Å². The summed E-state index contributed by atoms with van der Waals surface area (Å²) in [6, 6.07) is 6.76. The van der Waals surface area contributed by atoms with Crippen molar-refractivity contribution in [3.63, 3.8) is 0 Å². The van der Waals surface area contributed by atoms with Gasteiger partial charge < -0.3 is 5.32 Å². The molecule has 1 unspecified atom stereocenters. The van der Waals surface area contributed by atoms with Crippen LogP contribution in [0.1, 0.15) is 32.8 Å². The lowest BCUT2D eigenvalue weighted by Gasteiger charge is -2.14. The summed E-state index contributed by atoms with van der Waals surface area (Å²) < 4.78 is 12.7. The van der Waals surface area contributed by atoms with Crippen LogP contribution < -0.4 is 5.32 Å². The Labute approximate surface area is 104 Å². The molecule has 0 amide bonds. The lowest BCUT2D eigenvalue weighted by molar-refractivity contribution is 0.415. The quantitative estimate of drug-likeness (QED) is 0.714. The summed E-state index contributed by atoms with van der Waals surface area (Å²) in [5.41, 5.74) is 1.19. The van der Waals surface area contributed by atoms with Crippen LogP contribution in [0.15, 0.2) is 24.3 Å². The molecule has 0 bridgehead atoms. The predicted octanol–water partition coefficient (Wildman–Crippen LogP) is 3.64. The molecule has 0 saturated heterocycles. The van der Waals surface area contributed by atoms with Crippen LogP contribution in [0.3, 0.4) is 0 Å². The van der Waals surface area contributed by atoms with Crippen molar-refractivity contribution in [3.05, 3.63) is 35.6 Å². The van der Waals surface area contributed by atoms with Gasteiger partial charge in [0.1, 0.15) is 5.82 Å². The van der Waals surface area contributed by atoms with E-state index in [0.717, 1.165) is 31.3 Å². The maximum Gasteiger partial charge on any atom is 0.123 e. The smallest absolute Gasteiger partial charge is 0.123 e. The maximum absolute atomic E-state index is 12.7. The first-order valence-electron chi connectivity index (χ1n) is 6.53. The number of rotatable bonds is 7.